The van der Waals surface area contributed by atoms with Crippen molar-refractivity contribution >= 4 is 11.8 Å². The Labute approximate surface area is 157 Å². The van der Waals surface area contributed by atoms with Gasteiger partial charge in [0.2, 0.25) is 5.82 Å². The molecule has 0 atom stereocenters. The summed E-state index contributed by atoms with van der Waals surface area (Å²) in [6, 6.07) is 13.2. The summed E-state index contributed by atoms with van der Waals surface area (Å²) < 4.78 is 19.0. The number of benzene rings is 2. The third-order valence-corrected chi connectivity index (χ3v) is 3.75. The molecule has 0 N–H and O–H groups in total. The SMILES string of the molecule is CC(C)(C)OC(=O)N(CCc1ccc(F)c([N+](=O)[O-])c1)Cc1ccccc1. The van der Waals surface area contributed by atoms with Crippen LogP contribution in [0.3, 0.4) is 0 Å². The van der Waals surface area contributed by atoms with E-state index in [0.717, 1.165) is 11.6 Å². The second kappa shape index (κ2) is 8.62. The molecule has 2 aromatic rings. The summed E-state index contributed by atoms with van der Waals surface area (Å²) >= 11 is 0. The first kappa shape index (κ1) is 20.4. The lowest BCUT2D eigenvalue weighted by atomic mass is 10.1. The van der Waals surface area contributed by atoms with Gasteiger partial charge in [-0.05, 0) is 44.4 Å². The number of nitro benzene ring substituents is 1. The van der Waals surface area contributed by atoms with Gasteiger partial charge in [0, 0.05) is 19.2 Å². The molecular formula is C20H23FN2O4. The predicted octanol–water partition coefficient (Wildman–Crippen LogP) is 4.71. The second-order valence-corrected chi connectivity index (χ2v) is 7.18. The minimum Gasteiger partial charge on any atom is -0.444 e. The number of nitro groups is 1. The Kier molecular flexibility index (Phi) is 6.50. The maximum Gasteiger partial charge on any atom is 0.410 e. The van der Waals surface area contributed by atoms with Crippen LogP contribution in [-0.2, 0) is 17.7 Å². The zero-order valence-electron chi connectivity index (χ0n) is 15.6. The number of hydrogen-bond acceptors (Lipinski definition) is 4. The summed E-state index contributed by atoms with van der Waals surface area (Å²) in [5.41, 5.74) is 0.304. The lowest BCUT2D eigenvalue weighted by molar-refractivity contribution is -0.387. The van der Waals surface area contributed by atoms with Crippen molar-refractivity contribution in [1.82, 2.24) is 4.90 Å². The summed E-state index contributed by atoms with van der Waals surface area (Å²) in [7, 11) is 0. The number of carbonyl (C=O) groups is 1. The molecule has 0 fully saturated rings. The number of hydrogen-bond donors (Lipinski definition) is 0. The number of rotatable bonds is 6. The Morgan fingerprint density at radius 1 is 1.15 bits per heavy atom. The Morgan fingerprint density at radius 3 is 2.41 bits per heavy atom. The fourth-order valence-electron chi connectivity index (χ4n) is 2.48. The van der Waals surface area contributed by atoms with E-state index in [9.17, 15) is 19.3 Å². The van der Waals surface area contributed by atoms with Crippen LogP contribution < -0.4 is 0 Å². The van der Waals surface area contributed by atoms with Gasteiger partial charge in [-0.3, -0.25) is 10.1 Å². The van der Waals surface area contributed by atoms with Crippen molar-refractivity contribution in [1.29, 1.82) is 0 Å². The van der Waals surface area contributed by atoms with Crippen molar-refractivity contribution in [3.8, 4) is 0 Å². The number of halogens is 1. The highest BCUT2D eigenvalue weighted by Crippen LogP contribution is 2.20. The highest BCUT2D eigenvalue weighted by molar-refractivity contribution is 5.68. The van der Waals surface area contributed by atoms with E-state index in [2.05, 4.69) is 0 Å². The van der Waals surface area contributed by atoms with E-state index in [1.165, 1.54) is 17.0 Å². The molecule has 1 amide bonds. The van der Waals surface area contributed by atoms with Crippen molar-refractivity contribution < 1.29 is 18.8 Å². The minimum absolute atomic E-state index is 0.284. The molecule has 0 unspecified atom stereocenters. The lowest BCUT2D eigenvalue weighted by Crippen LogP contribution is -2.37. The Hall–Kier alpha value is -2.96. The molecule has 0 heterocycles. The van der Waals surface area contributed by atoms with Gasteiger partial charge in [0.1, 0.15) is 5.60 Å². The molecule has 6 nitrogen and oxygen atoms in total. The summed E-state index contributed by atoms with van der Waals surface area (Å²) in [6.45, 7) is 5.99. The first-order chi connectivity index (χ1) is 12.7. The lowest BCUT2D eigenvalue weighted by Gasteiger charge is -2.27. The summed E-state index contributed by atoms with van der Waals surface area (Å²) in [4.78, 5) is 24.2. The van der Waals surface area contributed by atoms with E-state index < -0.39 is 28.1 Å². The van der Waals surface area contributed by atoms with Crippen LogP contribution in [0.4, 0.5) is 14.9 Å². The highest BCUT2D eigenvalue weighted by atomic mass is 19.1. The fraction of sp³-hybridized carbons (Fsp3) is 0.350. The van der Waals surface area contributed by atoms with Crippen LogP contribution in [0, 0.1) is 15.9 Å². The summed E-state index contributed by atoms with van der Waals surface area (Å²) in [6.07, 6.45) is -0.129. The normalized spacial score (nSPS) is 11.1. The third kappa shape index (κ3) is 6.36. The van der Waals surface area contributed by atoms with Crippen LogP contribution in [0.15, 0.2) is 48.5 Å². The monoisotopic (exact) mass is 374 g/mol. The van der Waals surface area contributed by atoms with Crippen LogP contribution in [-0.4, -0.2) is 28.1 Å². The minimum atomic E-state index is -0.878. The standard InChI is InChI=1S/C20H23FN2O4/c1-20(2,3)27-19(24)22(14-16-7-5-4-6-8-16)12-11-15-9-10-17(21)18(13-15)23(25)26/h4-10,13H,11-12,14H2,1-3H3. The average molecular weight is 374 g/mol. The molecular weight excluding hydrogens is 351 g/mol. The Balaban J connectivity index is 2.15. The van der Waals surface area contributed by atoms with Gasteiger partial charge in [-0.15, -0.1) is 0 Å². The largest absolute Gasteiger partial charge is 0.444 e. The quantitative estimate of drug-likeness (QED) is 0.542. The number of amides is 1. The molecule has 0 saturated heterocycles. The third-order valence-electron chi connectivity index (χ3n) is 3.75. The van der Waals surface area contributed by atoms with Gasteiger partial charge in [0.25, 0.3) is 0 Å². The van der Waals surface area contributed by atoms with Gasteiger partial charge in [0.15, 0.2) is 0 Å². The van der Waals surface area contributed by atoms with E-state index in [1.807, 2.05) is 30.3 Å². The first-order valence-electron chi connectivity index (χ1n) is 8.60. The van der Waals surface area contributed by atoms with Crippen LogP contribution in [0.1, 0.15) is 31.9 Å². The maximum absolute atomic E-state index is 13.5. The van der Waals surface area contributed by atoms with Crippen molar-refractivity contribution in [3.05, 3.63) is 75.6 Å². The molecule has 0 aliphatic heterocycles. The smallest absolute Gasteiger partial charge is 0.410 e. The molecule has 2 rings (SSSR count). The summed E-state index contributed by atoms with van der Waals surface area (Å²) in [5, 5.41) is 10.9. The molecule has 27 heavy (non-hydrogen) atoms. The molecule has 0 aliphatic rings. The van der Waals surface area contributed by atoms with E-state index in [4.69, 9.17) is 4.74 Å². The van der Waals surface area contributed by atoms with Gasteiger partial charge in [-0.1, -0.05) is 36.4 Å². The Bertz CT molecular complexity index is 803. The van der Waals surface area contributed by atoms with Crippen molar-refractivity contribution in [2.24, 2.45) is 0 Å². The van der Waals surface area contributed by atoms with Crippen LogP contribution in [0.25, 0.3) is 0 Å². The molecule has 0 spiro atoms. The average Bonchev–Trinajstić information content (AvgIpc) is 2.58. The van der Waals surface area contributed by atoms with E-state index in [1.54, 1.807) is 20.8 Å². The fourth-order valence-corrected chi connectivity index (χ4v) is 2.48. The first-order valence-corrected chi connectivity index (χ1v) is 8.60. The van der Waals surface area contributed by atoms with E-state index >= 15 is 0 Å². The molecule has 0 saturated carbocycles. The topological polar surface area (TPSA) is 72.7 Å². The zero-order chi connectivity index (χ0) is 20.0. The predicted molar refractivity (Wildman–Crippen MR) is 99.8 cm³/mol. The molecule has 0 bridgehead atoms. The van der Waals surface area contributed by atoms with Crippen LogP contribution >= 0.6 is 0 Å². The van der Waals surface area contributed by atoms with Crippen molar-refractivity contribution in [2.45, 2.75) is 39.3 Å². The van der Waals surface area contributed by atoms with Crippen molar-refractivity contribution in [2.75, 3.05) is 6.54 Å². The number of ether oxygens (including phenoxy) is 1. The number of carbonyl (C=O) groups excluding carboxylic acids is 1. The second-order valence-electron chi connectivity index (χ2n) is 7.18. The highest BCUT2D eigenvalue weighted by Gasteiger charge is 2.23. The maximum atomic E-state index is 13.5. The summed E-state index contributed by atoms with van der Waals surface area (Å²) in [5.74, 6) is -0.878. The number of nitrogens with zero attached hydrogens (tertiary/aromatic N) is 2. The van der Waals surface area contributed by atoms with Crippen LogP contribution in [0.2, 0.25) is 0 Å². The van der Waals surface area contributed by atoms with Crippen LogP contribution in [0.5, 0.6) is 0 Å². The molecule has 0 radical (unpaired) electrons. The van der Waals surface area contributed by atoms with Gasteiger partial charge in [-0.25, -0.2) is 4.79 Å². The van der Waals surface area contributed by atoms with Gasteiger partial charge < -0.3 is 9.64 Å². The molecule has 0 aromatic heterocycles. The van der Waals surface area contributed by atoms with Gasteiger partial charge >= 0.3 is 11.8 Å². The molecule has 0 aliphatic carbocycles. The van der Waals surface area contributed by atoms with Gasteiger partial charge in [-0.2, -0.15) is 4.39 Å². The Morgan fingerprint density at radius 2 is 1.81 bits per heavy atom. The van der Waals surface area contributed by atoms with Gasteiger partial charge in [0.05, 0.1) is 4.92 Å². The molecule has 144 valence electrons. The van der Waals surface area contributed by atoms with Crippen molar-refractivity contribution in [3.63, 3.8) is 0 Å². The zero-order valence-corrected chi connectivity index (χ0v) is 15.6. The van der Waals surface area contributed by atoms with E-state index in [0.29, 0.717) is 18.5 Å². The van der Waals surface area contributed by atoms with E-state index in [-0.39, 0.29) is 6.54 Å². The molecule has 2 aromatic carbocycles. The molecule has 7 heteroatoms.